The van der Waals surface area contributed by atoms with Crippen LogP contribution in [0.5, 0.6) is 0 Å². The smallest absolute Gasteiger partial charge is 0.175 e. The summed E-state index contributed by atoms with van der Waals surface area (Å²) in [6, 6.07) is 0. The third-order valence-electron chi connectivity index (χ3n) is 2.13. The van der Waals surface area contributed by atoms with Crippen LogP contribution >= 0.6 is 34.9 Å². The van der Waals surface area contributed by atoms with Gasteiger partial charge in [-0.1, -0.05) is 18.7 Å². The van der Waals surface area contributed by atoms with E-state index in [1.165, 1.54) is 0 Å². The van der Waals surface area contributed by atoms with Crippen molar-refractivity contribution in [1.82, 2.24) is 15.0 Å². The van der Waals surface area contributed by atoms with Crippen molar-refractivity contribution < 1.29 is 5.11 Å². The Kier molecular flexibility index (Phi) is 4.61. The lowest BCUT2D eigenvalue weighted by Crippen LogP contribution is -2.03. The molecule has 7 heteroatoms. The number of thiazole rings is 1. The molecule has 0 radical (unpaired) electrons. The van der Waals surface area contributed by atoms with E-state index in [-0.39, 0.29) is 12.5 Å². The molecule has 0 saturated heterocycles. The van der Waals surface area contributed by atoms with Gasteiger partial charge in [-0.3, -0.25) is 0 Å². The number of aliphatic hydroxyl groups is 1. The fourth-order valence-electron chi connectivity index (χ4n) is 1.18. The second-order valence-electron chi connectivity index (χ2n) is 3.61. The van der Waals surface area contributed by atoms with Crippen molar-refractivity contribution in [3.8, 4) is 0 Å². The number of hydrogen-bond acceptors (Lipinski definition) is 7. The average Bonchev–Trinajstić information content (AvgIpc) is 2.79. The van der Waals surface area contributed by atoms with Crippen LogP contribution in [0.2, 0.25) is 0 Å². The topological polar surface area (TPSA) is 58.9 Å². The summed E-state index contributed by atoms with van der Waals surface area (Å²) in [7, 11) is 0. The maximum Gasteiger partial charge on any atom is 0.175 e. The van der Waals surface area contributed by atoms with Gasteiger partial charge in [0.15, 0.2) is 9.99 Å². The lowest BCUT2D eigenvalue weighted by atomic mass is 10.2. The number of aromatic nitrogens is 3. The molecule has 0 aliphatic carbocycles. The second kappa shape index (κ2) is 5.99. The zero-order valence-electron chi connectivity index (χ0n) is 9.58. The molecule has 2 heterocycles. The van der Waals surface area contributed by atoms with Crippen LogP contribution in [0.15, 0.2) is 15.7 Å². The minimum atomic E-state index is 0.208. The average molecular weight is 287 g/mol. The molecular weight excluding hydrogens is 274 g/mol. The molecule has 0 aliphatic heterocycles. The van der Waals surface area contributed by atoms with Gasteiger partial charge in [-0.2, -0.15) is 0 Å². The molecule has 0 spiro atoms. The van der Waals surface area contributed by atoms with Crippen molar-refractivity contribution in [2.75, 3.05) is 18.6 Å². The monoisotopic (exact) mass is 287 g/mol. The Labute approximate surface area is 112 Å². The van der Waals surface area contributed by atoms with Gasteiger partial charge in [0.05, 0.1) is 0 Å². The highest BCUT2D eigenvalue weighted by Crippen LogP contribution is 2.33. The number of rotatable bonds is 5. The highest BCUT2D eigenvalue weighted by atomic mass is 32.2. The standard InChI is InChI=1S/C10H13N3OS3/c1-6(3-14)4-16-9-7-8(11-5-12-9)13-10(15-2)17-7/h5-6,14H,3-4H2,1-2H3. The molecule has 0 saturated carbocycles. The van der Waals surface area contributed by atoms with Gasteiger partial charge in [-0.05, 0) is 12.2 Å². The normalized spacial score (nSPS) is 13.1. The van der Waals surface area contributed by atoms with Crippen LogP contribution < -0.4 is 0 Å². The SMILES string of the molecule is CSc1nc2ncnc(SCC(C)CO)c2s1. The number of thioether (sulfide) groups is 2. The van der Waals surface area contributed by atoms with Gasteiger partial charge in [0.25, 0.3) is 0 Å². The third-order valence-corrected chi connectivity index (χ3v) is 5.61. The Bertz CT molecular complexity index is 503. The summed E-state index contributed by atoms with van der Waals surface area (Å²) in [6.07, 6.45) is 3.56. The molecule has 2 aromatic heterocycles. The highest BCUT2D eigenvalue weighted by Gasteiger charge is 2.11. The summed E-state index contributed by atoms with van der Waals surface area (Å²) in [6.45, 7) is 2.23. The van der Waals surface area contributed by atoms with Crippen LogP contribution in [-0.2, 0) is 0 Å². The molecular formula is C10H13N3OS3. The van der Waals surface area contributed by atoms with E-state index in [1.807, 2.05) is 13.2 Å². The minimum absolute atomic E-state index is 0.208. The fourth-order valence-corrected chi connectivity index (χ4v) is 3.77. The van der Waals surface area contributed by atoms with Gasteiger partial charge in [-0.25, -0.2) is 15.0 Å². The van der Waals surface area contributed by atoms with Crippen molar-refractivity contribution in [3.63, 3.8) is 0 Å². The lowest BCUT2D eigenvalue weighted by molar-refractivity contribution is 0.250. The molecule has 17 heavy (non-hydrogen) atoms. The predicted molar refractivity (Wildman–Crippen MR) is 74.0 cm³/mol. The van der Waals surface area contributed by atoms with Crippen LogP contribution in [0.25, 0.3) is 10.3 Å². The zero-order valence-corrected chi connectivity index (χ0v) is 12.0. The first-order valence-electron chi connectivity index (χ1n) is 5.13. The first kappa shape index (κ1) is 13.1. The Morgan fingerprint density at radius 1 is 1.47 bits per heavy atom. The molecule has 1 N–H and O–H groups in total. The van der Waals surface area contributed by atoms with Gasteiger partial charge < -0.3 is 5.11 Å². The third kappa shape index (κ3) is 3.09. The maximum atomic E-state index is 9.01. The maximum absolute atomic E-state index is 9.01. The van der Waals surface area contributed by atoms with Gasteiger partial charge in [0.1, 0.15) is 16.1 Å². The zero-order chi connectivity index (χ0) is 12.3. The van der Waals surface area contributed by atoms with Crippen molar-refractivity contribution >= 4 is 45.2 Å². The summed E-state index contributed by atoms with van der Waals surface area (Å²) in [5.74, 6) is 1.13. The van der Waals surface area contributed by atoms with Crippen molar-refractivity contribution in [2.45, 2.75) is 16.3 Å². The molecule has 0 fully saturated rings. The molecule has 0 amide bonds. The van der Waals surface area contributed by atoms with E-state index < -0.39 is 0 Å². The van der Waals surface area contributed by atoms with E-state index in [0.29, 0.717) is 0 Å². The van der Waals surface area contributed by atoms with Crippen molar-refractivity contribution in [2.24, 2.45) is 5.92 Å². The van der Waals surface area contributed by atoms with Gasteiger partial charge >= 0.3 is 0 Å². The van der Waals surface area contributed by atoms with E-state index in [0.717, 1.165) is 25.5 Å². The van der Waals surface area contributed by atoms with E-state index in [1.54, 1.807) is 41.2 Å². The summed E-state index contributed by atoms with van der Waals surface area (Å²) < 4.78 is 2.06. The Hall–Kier alpha value is -0.370. The van der Waals surface area contributed by atoms with E-state index in [2.05, 4.69) is 15.0 Å². The molecule has 0 aliphatic rings. The van der Waals surface area contributed by atoms with Gasteiger partial charge in [0.2, 0.25) is 0 Å². The van der Waals surface area contributed by atoms with E-state index >= 15 is 0 Å². The van der Waals surface area contributed by atoms with Crippen LogP contribution in [0.4, 0.5) is 0 Å². The van der Waals surface area contributed by atoms with Crippen LogP contribution in [0, 0.1) is 5.92 Å². The fraction of sp³-hybridized carbons (Fsp3) is 0.500. The van der Waals surface area contributed by atoms with E-state index in [9.17, 15) is 0 Å². The van der Waals surface area contributed by atoms with Crippen LogP contribution in [-0.4, -0.2) is 38.7 Å². The Morgan fingerprint density at radius 3 is 3.00 bits per heavy atom. The summed E-state index contributed by atoms with van der Waals surface area (Å²) in [5, 5.41) is 9.97. The second-order valence-corrected chi connectivity index (χ2v) is 6.68. The minimum Gasteiger partial charge on any atom is -0.396 e. The van der Waals surface area contributed by atoms with Gasteiger partial charge in [0, 0.05) is 12.4 Å². The molecule has 2 aromatic rings. The van der Waals surface area contributed by atoms with Crippen molar-refractivity contribution in [3.05, 3.63) is 6.33 Å². The first-order chi connectivity index (χ1) is 8.24. The Balaban J connectivity index is 2.24. The molecule has 1 unspecified atom stereocenters. The lowest BCUT2D eigenvalue weighted by Gasteiger charge is -2.06. The number of fused-ring (bicyclic) bond motifs is 1. The van der Waals surface area contributed by atoms with Crippen molar-refractivity contribution in [1.29, 1.82) is 0 Å². The number of nitrogens with zero attached hydrogens (tertiary/aromatic N) is 3. The van der Waals surface area contributed by atoms with Crippen LogP contribution in [0.1, 0.15) is 6.92 Å². The highest BCUT2D eigenvalue weighted by molar-refractivity contribution is 8.00. The number of aliphatic hydroxyl groups excluding tert-OH is 1. The molecule has 92 valence electrons. The molecule has 1 atom stereocenters. The number of hydrogen-bond donors (Lipinski definition) is 1. The summed E-state index contributed by atoms with van der Waals surface area (Å²) in [4.78, 5) is 12.9. The molecule has 4 nitrogen and oxygen atoms in total. The molecule has 0 aromatic carbocycles. The van der Waals surface area contributed by atoms with Crippen LogP contribution in [0.3, 0.4) is 0 Å². The van der Waals surface area contributed by atoms with E-state index in [4.69, 9.17) is 5.11 Å². The molecule has 2 rings (SSSR count). The first-order valence-corrected chi connectivity index (χ1v) is 8.16. The summed E-state index contributed by atoms with van der Waals surface area (Å²) >= 11 is 4.91. The molecule has 0 bridgehead atoms. The van der Waals surface area contributed by atoms with Gasteiger partial charge in [-0.15, -0.1) is 23.1 Å². The summed E-state index contributed by atoms with van der Waals surface area (Å²) in [5.41, 5.74) is 0.772. The largest absolute Gasteiger partial charge is 0.396 e. The predicted octanol–water partition coefficient (Wildman–Crippen LogP) is 2.53. The Morgan fingerprint density at radius 2 is 2.29 bits per heavy atom. The quantitative estimate of drug-likeness (QED) is 0.673.